The van der Waals surface area contributed by atoms with E-state index >= 15 is 0 Å². The zero-order chi connectivity index (χ0) is 14.5. The maximum Gasteiger partial charge on any atom is 0.191 e. The number of benzene rings is 1. The van der Waals surface area contributed by atoms with Crippen molar-refractivity contribution in [3.05, 3.63) is 34.9 Å². The molecule has 1 aromatic rings. The van der Waals surface area contributed by atoms with Crippen LogP contribution in [0.1, 0.15) is 37.5 Å². The molecule has 0 amide bonds. The van der Waals surface area contributed by atoms with E-state index in [9.17, 15) is 4.79 Å². The lowest BCUT2D eigenvalue weighted by molar-refractivity contribution is -0.915. The molecule has 0 spiro atoms. The Labute approximate surface area is 118 Å². The molecule has 0 saturated carbocycles. The largest absolute Gasteiger partial charge is 0.318 e. The Balaban J connectivity index is 2.81. The average molecular weight is 262 g/mol. The zero-order valence-electron chi connectivity index (χ0n) is 13.1. The van der Waals surface area contributed by atoms with Crippen LogP contribution in [0.5, 0.6) is 0 Å². The Hall–Kier alpha value is -1.15. The van der Waals surface area contributed by atoms with Gasteiger partial charge in [-0.2, -0.15) is 0 Å². The van der Waals surface area contributed by atoms with Gasteiger partial charge in [0.2, 0.25) is 0 Å². The number of aryl methyl sites for hydroxylation is 2. The van der Waals surface area contributed by atoms with Gasteiger partial charge in [-0.15, -0.1) is 0 Å². The molecule has 106 valence electrons. The van der Waals surface area contributed by atoms with Crippen LogP contribution in [0.2, 0.25) is 0 Å². The summed E-state index contributed by atoms with van der Waals surface area (Å²) < 4.78 is 0.907. The van der Waals surface area contributed by atoms with E-state index in [1.54, 1.807) is 0 Å². The summed E-state index contributed by atoms with van der Waals surface area (Å²) in [6, 6.07) is 6.25. The normalized spacial score (nSPS) is 11.6. The third-order valence-corrected chi connectivity index (χ3v) is 4.54. The van der Waals surface area contributed by atoms with Crippen molar-refractivity contribution in [2.45, 2.75) is 41.0 Å². The monoisotopic (exact) mass is 262 g/mol. The molecule has 2 nitrogen and oxygen atoms in total. The fourth-order valence-corrected chi connectivity index (χ4v) is 2.76. The highest BCUT2D eigenvalue weighted by molar-refractivity contribution is 5.82. The average Bonchev–Trinajstić information content (AvgIpc) is 2.41. The highest BCUT2D eigenvalue weighted by atomic mass is 16.1. The highest BCUT2D eigenvalue weighted by Crippen LogP contribution is 2.15. The van der Waals surface area contributed by atoms with E-state index in [4.69, 9.17) is 0 Å². The van der Waals surface area contributed by atoms with Crippen LogP contribution in [0.3, 0.4) is 0 Å². The summed E-state index contributed by atoms with van der Waals surface area (Å²) >= 11 is 0. The molecule has 0 saturated heterocycles. The molecule has 0 aliphatic heterocycles. The van der Waals surface area contributed by atoms with E-state index in [2.05, 4.69) is 52.8 Å². The summed E-state index contributed by atoms with van der Waals surface area (Å²) in [5.41, 5.74) is 3.68. The minimum absolute atomic E-state index is 0.364. The predicted octanol–water partition coefficient (Wildman–Crippen LogP) is 3.29. The highest BCUT2D eigenvalue weighted by Gasteiger charge is 2.25. The Kier molecular flexibility index (Phi) is 5.74. The number of rotatable bonds is 7. The molecule has 0 atom stereocenters. The fraction of sp³-hybridized carbons (Fsp3) is 0.588. The first-order chi connectivity index (χ1) is 8.98. The van der Waals surface area contributed by atoms with E-state index in [1.807, 2.05) is 0 Å². The van der Waals surface area contributed by atoms with Crippen molar-refractivity contribution in [2.75, 3.05) is 26.2 Å². The number of carbonyl (C=O) groups is 1. The van der Waals surface area contributed by atoms with Gasteiger partial charge in [-0.25, -0.2) is 0 Å². The maximum atomic E-state index is 12.4. The molecule has 0 bridgehead atoms. The second-order valence-electron chi connectivity index (χ2n) is 5.53. The standard InChI is InChI=1S/C17H28NO/c1-6-18(7-2,8-3)13-16(19)12-17-14(4)10-9-11-15(17)5/h9-11H,6-8,12-13H2,1-5H3/q+1. The molecule has 19 heavy (non-hydrogen) atoms. The number of hydrogen-bond donors (Lipinski definition) is 0. The van der Waals surface area contributed by atoms with Crippen LogP contribution in [-0.4, -0.2) is 36.4 Å². The van der Waals surface area contributed by atoms with Gasteiger partial charge >= 0.3 is 0 Å². The Morgan fingerprint density at radius 1 is 1.00 bits per heavy atom. The summed E-state index contributed by atoms with van der Waals surface area (Å²) in [5.74, 6) is 0.364. The van der Waals surface area contributed by atoms with Gasteiger partial charge in [-0.05, 0) is 51.3 Å². The predicted molar refractivity (Wildman–Crippen MR) is 81.4 cm³/mol. The lowest BCUT2D eigenvalue weighted by atomic mass is 9.98. The first kappa shape index (κ1) is 15.9. The van der Waals surface area contributed by atoms with Crippen molar-refractivity contribution in [3.8, 4) is 0 Å². The number of hydrogen-bond acceptors (Lipinski definition) is 1. The minimum atomic E-state index is 0.364. The summed E-state index contributed by atoms with van der Waals surface area (Å²) in [4.78, 5) is 12.4. The van der Waals surface area contributed by atoms with Gasteiger partial charge in [0, 0.05) is 6.42 Å². The SMILES string of the molecule is CC[N+](CC)(CC)CC(=O)Cc1c(C)cccc1C. The molecule has 0 aromatic heterocycles. The quantitative estimate of drug-likeness (QED) is 0.689. The van der Waals surface area contributed by atoms with E-state index < -0.39 is 0 Å². The topological polar surface area (TPSA) is 17.1 Å². The van der Waals surface area contributed by atoms with Crippen molar-refractivity contribution in [1.29, 1.82) is 0 Å². The number of carbonyl (C=O) groups excluding carboxylic acids is 1. The summed E-state index contributed by atoms with van der Waals surface area (Å²) in [6.45, 7) is 14.5. The van der Waals surface area contributed by atoms with E-state index in [-0.39, 0.29) is 0 Å². The molecule has 0 aliphatic carbocycles. The fourth-order valence-electron chi connectivity index (χ4n) is 2.76. The molecule has 0 radical (unpaired) electrons. The van der Waals surface area contributed by atoms with Gasteiger partial charge in [0.05, 0.1) is 19.6 Å². The lowest BCUT2D eigenvalue weighted by Crippen LogP contribution is -2.51. The molecule has 2 heteroatoms. The molecule has 1 rings (SSSR count). The van der Waals surface area contributed by atoms with E-state index in [1.165, 1.54) is 16.7 Å². The summed E-state index contributed by atoms with van der Waals surface area (Å²) in [5, 5.41) is 0. The van der Waals surface area contributed by atoms with Crippen LogP contribution in [-0.2, 0) is 11.2 Å². The van der Waals surface area contributed by atoms with Crippen molar-refractivity contribution >= 4 is 5.78 Å². The molecule has 0 aliphatic rings. The van der Waals surface area contributed by atoms with Gasteiger partial charge in [0.15, 0.2) is 5.78 Å². The number of likely N-dealkylation sites (N-methyl/N-ethyl adjacent to an activating group) is 1. The van der Waals surface area contributed by atoms with Gasteiger partial charge in [-0.3, -0.25) is 4.79 Å². The smallest absolute Gasteiger partial charge is 0.191 e. The van der Waals surface area contributed by atoms with Gasteiger partial charge < -0.3 is 4.48 Å². The molecule has 1 aromatic carbocycles. The Morgan fingerprint density at radius 2 is 1.47 bits per heavy atom. The van der Waals surface area contributed by atoms with E-state index in [0.29, 0.717) is 18.7 Å². The Bertz CT molecular complexity index is 404. The number of ketones is 1. The third kappa shape index (κ3) is 3.90. The second kappa shape index (κ2) is 6.85. The first-order valence-corrected chi connectivity index (χ1v) is 7.40. The van der Waals surface area contributed by atoms with Gasteiger partial charge in [0.1, 0.15) is 6.54 Å². The van der Waals surface area contributed by atoms with Crippen molar-refractivity contribution in [3.63, 3.8) is 0 Å². The Morgan fingerprint density at radius 3 is 1.89 bits per heavy atom. The van der Waals surface area contributed by atoms with Crippen LogP contribution in [0.4, 0.5) is 0 Å². The number of nitrogens with zero attached hydrogens (tertiary/aromatic N) is 1. The number of Topliss-reactive ketones (excluding diaryl/α,β-unsaturated/α-hetero) is 1. The third-order valence-electron chi connectivity index (χ3n) is 4.54. The van der Waals surface area contributed by atoms with Gasteiger partial charge in [0.25, 0.3) is 0 Å². The first-order valence-electron chi connectivity index (χ1n) is 7.40. The molecule has 0 unspecified atom stereocenters. The summed E-state index contributed by atoms with van der Waals surface area (Å²) in [6.07, 6.45) is 0.582. The van der Waals surface area contributed by atoms with Crippen molar-refractivity contribution in [1.82, 2.24) is 0 Å². The molecular formula is C17H28NO+. The minimum Gasteiger partial charge on any atom is -0.318 e. The maximum absolute atomic E-state index is 12.4. The molecular weight excluding hydrogens is 234 g/mol. The number of quaternary nitrogens is 1. The molecule has 0 fully saturated rings. The van der Waals surface area contributed by atoms with Gasteiger partial charge in [-0.1, -0.05) is 18.2 Å². The molecule has 0 N–H and O–H groups in total. The van der Waals surface area contributed by atoms with E-state index in [0.717, 1.165) is 24.1 Å². The van der Waals surface area contributed by atoms with Crippen molar-refractivity contribution < 1.29 is 9.28 Å². The van der Waals surface area contributed by atoms with Crippen LogP contribution in [0.15, 0.2) is 18.2 Å². The van der Waals surface area contributed by atoms with Crippen LogP contribution in [0, 0.1) is 13.8 Å². The molecule has 0 heterocycles. The van der Waals surface area contributed by atoms with Crippen molar-refractivity contribution in [2.24, 2.45) is 0 Å². The van der Waals surface area contributed by atoms with Crippen LogP contribution < -0.4 is 0 Å². The summed E-state index contributed by atoms with van der Waals surface area (Å²) in [7, 11) is 0. The van der Waals surface area contributed by atoms with Crippen LogP contribution in [0.25, 0.3) is 0 Å². The zero-order valence-corrected chi connectivity index (χ0v) is 13.1. The second-order valence-corrected chi connectivity index (χ2v) is 5.53. The van der Waals surface area contributed by atoms with Crippen LogP contribution >= 0.6 is 0 Å². The lowest BCUT2D eigenvalue weighted by Gasteiger charge is -2.35.